The molecular formula is C20H50N2Si2. The van der Waals surface area contributed by atoms with E-state index in [1.165, 1.54) is 44.3 Å². The van der Waals surface area contributed by atoms with Crippen LogP contribution in [-0.2, 0) is 0 Å². The lowest BCUT2D eigenvalue weighted by atomic mass is 10.2. The van der Waals surface area contributed by atoms with Gasteiger partial charge in [-0.3, -0.25) is 0 Å². The minimum atomic E-state index is -1.20. The second kappa shape index (κ2) is 11.9. The highest BCUT2D eigenvalue weighted by Crippen LogP contribution is 2.37. The first-order valence-electron chi connectivity index (χ1n) is 10.5. The Labute approximate surface area is 157 Å². The van der Waals surface area contributed by atoms with Crippen molar-refractivity contribution >= 4 is 16.5 Å². The molecule has 0 aliphatic rings. The lowest BCUT2D eigenvalue weighted by Gasteiger charge is -2.45. The largest absolute Gasteiger partial charge is 0.324 e. The van der Waals surface area contributed by atoms with Gasteiger partial charge >= 0.3 is 0 Å². The number of hydrogen-bond donors (Lipinski definition) is 0. The van der Waals surface area contributed by atoms with Gasteiger partial charge in [-0.05, 0) is 49.3 Å². The molecule has 0 aliphatic heterocycles. The maximum absolute atomic E-state index is 2.74. The molecule has 0 aromatic heterocycles. The van der Waals surface area contributed by atoms with Crippen molar-refractivity contribution in [3.63, 3.8) is 0 Å². The molecule has 0 amide bonds. The van der Waals surface area contributed by atoms with Crippen molar-refractivity contribution in [3.05, 3.63) is 0 Å². The molecule has 0 unspecified atom stereocenters. The summed E-state index contributed by atoms with van der Waals surface area (Å²) in [5.41, 5.74) is 0. The number of rotatable bonds is 9. The van der Waals surface area contributed by atoms with Crippen LogP contribution >= 0.6 is 0 Å². The normalized spacial score (nSPS) is 13.2. The molecular weight excluding hydrogens is 324 g/mol. The summed E-state index contributed by atoms with van der Waals surface area (Å²) >= 11 is 0. The van der Waals surface area contributed by atoms with Gasteiger partial charge in [0, 0.05) is 0 Å². The highest BCUT2D eigenvalue weighted by Gasteiger charge is 2.39. The number of hydrogen-bond acceptors (Lipinski definition) is 2. The van der Waals surface area contributed by atoms with E-state index < -0.39 is 16.5 Å². The Morgan fingerprint density at radius 1 is 0.583 bits per heavy atom. The van der Waals surface area contributed by atoms with Crippen LogP contribution in [0.2, 0.25) is 36.3 Å². The summed E-state index contributed by atoms with van der Waals surface area (Å²) in [5, 5.41) is 0.485. The van der Waals surface area contributed by atoms with Gasteiger partial charge in [0.25, 0.3) is 0 Å². The minimum Gasteiger partial charge on any atom is -0.324 e. The Hall–Kier alpha value is 0.354. The maximum Gasteiger partial charge on any atom is 0.127 e. The van der Waals surface area contributed by atoms with Gasteiger partial charge in [-0.25, -0.2) is 0 Å². The van der Waals surface area contributed by atoms with Crippen LogP contribution in [0.3, 0.4) is 0 Å². The SMILES string of the molecule is CCN(CC)[Si](C)(C)C(C)(C)C.CCN(CC)[Si](CC)(CC)CC. The van der Waals surface area contributed by atoms with E-state index in [4.69, 9.17) is 0 Å². The lowest BCUT2D eigenvalue weighted by Crippen LogP contribution is -2.54. The second-order valence-corrected chi connectivity index (χ2v) is 18.9. The predicted octanol–water partition coefficient (Wildman–Crippen LogP) is 6.67. The van der Waals surface area contributed by atoms with Gasteiger partial charge in [0.1, 0.15) is 16.5 Å². The summed E-state index contributed by atoms with van der Waals surface area (Å²) in [7, 11) is -2.21. The van der Waals surface area contributed by atoms with Crippen LogP contribution in [0.5, 0.6) is 0 Å². The van der Waals surface area contributed by atoms with Gasteiger partial charge in [0.15, 0.2) is 0 Å². The highest BCUT2D eigenvalue weighted by molar-refractivity contribution is 6.77. The Morgan fingerprint density at radius 3 is 0.958 bits per heavy atom. The minimum absolute atomic E-state index is 0.485. The third-order valence-corrected chi connectivity index (χ3v) is 18.6. The van der Waals surface area contributed by atoms with Crippen LogP contribution in [0.4, 0.5) is 0 Å². The molecule has 148 valence electrons. The predicted molar refractivity (Wildman–Crippen MR) is 120 cm³/mol. The molecule has 0 rings (SSSR count). The lowest BCUT2D eigenvalue weighted by molar-refractivity contribution is 0.436. The Balaban J connectivity index is 0. The van der Waals surface area contributed by atoms with Gasteiger partial charge in [0.2, 0.25) is 0 Å². The van der Waals surface area contributed by atoms with Crippen LogP contribution in [0.1, 0.15) is 69.2 Å². The molecule has 0 fully saturated rings. The summed E-state index contributed by atoms with van der Waals surface area (Å²) in [6.45, 7) is 33.2. The molecule has 0 radical (unpaired) electrons. The first kappa shape index (κ1) is 26.6. The maximum atomic E-state index is 2.74. The zero-order chi connectivity index (χ0) is 19.6. The van der Waals surface area contributed by atoms with Crippen molar-refractivity contribution in [1.29, 1.82) is 0 Å². The Kier molecular flexibility index (Phi) is 13.1. The first-order valence-corrected chi connectivity index (χ1v) is 16.0. The highest BCUT2D eigenvalue weighted by atomic mass is 28.3. The van der Waals surface area contributed by atoms with E-state index >= 15 is 0 Å². The van der Waals surface area contributed by atoms with E-state index in [9.17, 15) is 0 Å². The summed E-state index contributed by atoms with van der Waals surface area (Å²) in [4.78, 5) is 0. The van der Waals surface area contributed by atoms with E-state index in [-0.39, 0.29) is 0 Å². The quantitative estimate of drug-likeness (QED) is 0.416. The van der Waals surface area contributed by atoms with E-state index in [1.807, 2.05) is 0 Å². The third-order valence-electron chi connectivity index (χ3n) is 6.80. The van der Waals surface area contributed by atoms with Crippen molar-refractivity contribution in [2.45, 2.75) is 106 Å². The fourth-order valence-electron chi connectivity index (χ4n) is 3.80. The van der Waals surface area contributed by atoms with Crippen LogP contribution in [0, 0.1) is 0 Å². The van der Waals surface area contributed by atoms with E-state index in [0.29, 0.717) is 5.04 Å². The molecule has 2 nitrogen and oxygen atoms in total. The summed E-state index contributed by atoms with van der Waals surface area (Å²) < 4.78 is 5.40. The Bertz CT molecular complexity index is 281. The zero-order valence-corrected chi connectivity index (χ0v) is 21.3. The third kappa shape index (κ3) is 6.93. The monoisotopic (exact) mass is 374 g/mol. The molecule has 0 heterocycles. The van der Waals surface area contributed by atoms with Crippen molar-refractivity contribution in [1.82, 2.24) is 9.13 Å². The molecule has 24 heavy (non-hydrogen) atoms. The fraction of sp³-hybridized carbons (Fsp3) is 1.00. The Morgan fingerprint density at radius 2 is 0.875 bits per heavy atom. The van der Waals surface area contributed by atoms with Crippen LogP contribution in [0.15, 0.2) is 0 Å². The molecule has 0 aromatic rings. The van der Waals surface area contributed by atoms with E-state index in [1.54, 1.807) is 0 Å². The van der Waals surface area contributed by atoms with E-state index in [2.05, 4.69) is 91.5 Å². The van der Waals surface area contributed by atoms with Gasteiger partial charge in [-0.15, -0.1) is 0 Å². The van der Waals surface area contributed by atoms with Crippen molar-refractivity contribution in [2.75, 3.05) is 26.2 Å². The summed E-state index contributed by atoms with van der Waals surface area (Å²) in [6, 6.07) is 4.26. The molecule has 0 N–H and O–H groups in total. The molecule has 0 atom stereocenters. The van der Waals surface area contributed by atoms with Gasteiger partial charge < -0.3 is 9.13 Å². The molecule has 0 spiro atoms. The van der Waals surface area contributed by atoms with Crippen molar-refractivity contribution < 1.29 is 0 Å². The molecule has 0 saturated carbocycles. The second-order valence-electron chi connectivity index (χ2n) is 8.44. The molecule has 4 heteroatoms. The first-order chi connectivity index (χ1) is 11.0. The van der Waals surface area contributed by atoms with Crippen LogP contribution in [0.25, 0.3) is 0 Å². The molecule has 0 aliphatic carbocycles. The van der Waals surface area contributed by atoms with Crippen LogP contribution < -0.4 is 0 Å². The van der Waals surface area contributed by atoms with E-state index in [0.717, 1.165) is 0 Å². The topological polar surface area (TPSA) is 6.48 Å². The van der Waals surface area contributed by atoms with Crippen molar-refractivity contribution in [2.24, 2.45) is 0 Å². The van der Waals surface area contributed by atoms with Gasteiger partial charge in [-0.1, -0.05) is 82.3 Å². The molecule has 0 saturated heterocycles. The molecule has 0 bridgehead atoms. The average molecular weight is 375 g/mol. The number of nitrogens with zero attached hydrogens (tertiary/aromatic N) is 2. The smallest absolute Gasteiger partial charge is 0.127 e. The standard InChI is InChI=1S/2C10H25NSi/c1-8-11(9-2)12(6,7)10(3,4)5;1-6-11(7-2)12(8-3,9-4)10-5/h8-9H2,1-7H3;6-10H2,1-5H3. The summed E-state index contributed by atoms with van der Waals surface area (Å²) in [5.74, 6) is 0. The average Bonchev–Trinajstić information content (AvgIpc) is 2.53. The van der Waals surface area contributed by atoms with Crippen molar-refractivity contribution in [3.8, 4) is 0 Å². The summed E-state index contributed by atoms with van der Waals surface area (Å²) in [6.07, 6.45) is 0. The fourth-order valence-corrected chi connectivity index (χ4v) is 10.5. The van der Waals surface area contributed by atoms with Crippen LogP contribution in [-0.4, -0.2) is 51.8 Å². The van der Waals surface area contributed by atoms with Gasteiger partial charge in [0.05, 0.1) is 0 Å². The zero-order valence-electron chi connectivity index (χ0n) is 19.3. The molecule has 0 aromatic carbocycles. The van der Waals surface area contributed by atoms with Gasteiger partial charge in [-0.2, -0.15) is 0 Å².